The van der Waals surface area contributed by atoms with Crippen LogP contribution in [-0.2, 0) is 13.0 Å². The van der Waals surface area contributed by atoms with Crippen LogP contribution in [0, 0.1) is 0 Å². The lowest BCUT2D eigenvalue weighted by Gasteiger charge is -2.47. The second-order valence-electron chi connectivity index (χ2n) is 11.7. The Hall–Kier alpha value is -2.30. The number of aliphatic hydroxyl groups excluding tert-OH is 1. The zero-order chi connectivity index (χ0) is 30.4. The van der Waals surface area contributed by atoms with Gasteiger partial charge in [-0.3, -0.25) is 18.2 Å². The van der Waals surface area contributed by atoms with Gasteiger partial charge in [0.1, 0.15) is 0 Å². The van der Waals surface area contributed by atoms with Crippen LogP contribution in [0.25, 0.3) is 0 Å². The van der Waals surface area contributed by atoms with Crippen molar-refractivity contribution in [3.8, 4) is 0 Å². The van der Waals surface area contributed by atoms with Gasteiger partial charge in [0.2, 0.25) is 0 Å². The van der Waals surface area contributed by atoms with E-state index in [-0.39, 0.29) is 12.5 Å². The van der Waals surface area contributed by atoms with E-state index in [1.807, 2.05) is 54.6 Å². The Morgan fingerprint density at radius 2 is 1.65 bits per heavy atom. The first-order valence-electron chi connectivity index (χ1n) is 15.0. The molecule has 3 aromatic rings. The van der Waals surface area contributed by atoms with Crippen molar-refractivity contribution >= 4 is 45.6 Å². The molecular formula is C33H41Cl2N3O4S. The summed E-state index contributed by atoms with van der Waals surface area (Å²) in [5.41, 5.74) is 4.09. The predicted molar refractivity (Wildman–Crippen MR) is 178 cm³/mol. The van der Waals surface area contributed by atoms with Crippen molar-refractivity contribution in [1.29, 1.82) is 0 Å². The van der Waals surface area contributed by atoms with Crippen LogP contribution in [0.15, 0.2) is 66.7 Å². The third kappa shape index (κ3) is 8.66. The Morgan fingerprint density at radius 1 is 0.930 bits per heavy atom. The molecular weight excluding hydrogens is 605 g/mol. The molecule has 232 valence electrons. The van der Waals surface area contributed by atoms with E-state index in [1.54, 1.807) is 16.4 Å². The van der Waals surface area contributed by atoms with Gasteiger partial charge in [-0.2, -0.15) is 0 Å². The van der Waals surface area contributed by atoms with Gasteiger partial charge in [0.25, 0.3) is 5.91 Å². The van der Waals surface area contributed by atoms with Crippen LogP contribution in [-0.4, -0.2) is 51.1 Å². The molecule has 3 aromatic carbocycles. The monoisotopic (exact) mass is 645 g/mol. The summed E-state index contributed by atoms with van der Waals surface area (Å²) in [4.78, 5) is 13.9. The second-order valence-corrected chi connectivity index (χ2v) is 14.7. The number of carbonyl (C=O) groups is 1. The fourth-order valence-corrected chi connectivity index (χ4v) is 8.38. The van der Waals surface area contributed by atoms with E-state index < -0.39 is 22.9 Å². The SMILES string of the molecule is O=C(N[C@@H](Cc1ccccc1)[C@H](O)CNCc1cc(Cl)cc(Cl)c1)c1cc(C2CCCC2)cc(N2CCCCS2(O)O)c1. The molecule has 7 nitrogen and oxygen atoms in total. The standard InChI is InChI=1S/C33H41Cl2N3O4S/c34-28-14-24(15-29(35)20-28)21-36-22-32(39)31(16-23-8-2-1-3-9-23)37-33(40)27-17-26(25-10-4-5-11-25)18-30(19-27)38-12-6-7-13-43(38,41)42/h1-3,8-9,14-15,17-20,25,31-32,36,39,41-42H,4-7,10-13,16,21-22H2,(H,37,40)/t31-,32+/m0/s1. The van der Waals surface area contributed by atoms with E-state index in [2.05, 4.69) is 10.6 Å². The number of amides is 1. The quantitative estimate of drug-likeness (QED) is 0.149. The Balaban J connectivity index is 1.36. The highest BCUT2D eigenvalue weighted by Gasteiger charge is 2.30. The highest BCUT2D eigenvalue weighted by molar-refractivity contribution is 8.25. The minimum atomic E-state index is -2.94. The van der Waals surface area contributed by atoms with Crippen molar-refractivity contribution < 1.29 is 19.0 Å². The topological polar surface area (TPSA) is 105 Å². The smallest absolute Gasteiger partial charge is 0.251 e. The van der Waals surface area contributed by atoms with Crippen molar-refractivity contribution in [1.82, 2.24) is 10.6 Å². The Bertz CT molecular complexity index is 1370. The molecule has 1 heterocycles. The number of nitrogens with zero attached hydrogens (tertiary/aromatic N) is 1. The summed E-state index contributed by atoms with van der Waals surface area (Å²) in [6.07, 6.45) is 5.60. The van der Waals surface area contributed by atoms with Gasteiger partial charge in [-0.05, 0) is 91.1 Å². The summed E-state index contributed by atoms with van der Waals surface area (Å²) in [6.45, 7) is 1.23. The number of hydrogen-bond donors (Lipinski definition) is 5. The Morgan fingerprint density at radius 3 is 2.35 bits per heavy atom. The molecule has 2 atom stereocenters. The lowest BCUT2D eigenvalue weighted by Crippen LogP contribution is -2.48. The summed E-state index contributed by atoms with van der Waals surface area (Å²) in [7, 11) is -2.94. The van der Waals surface area contributed by atoms with Gasteiger partial charge >= 0.3 is 0 Å². The van der Waals surface area contributed by atoms with Crippen LogP contribution in [0.5, 0.6) is 0 Å². The summed E-state index contributed by atoms with van der Waals surface area (Å²) in [6, 6.07) is 20.3. The average molecular weight is 647 g/mol. The molecule has 2 fully saturated rings. The van der Waals surface area contributed by atoms with Gasteiger partial charge < -0.3 is 15.7 Å². The summed E-state index contributed by atoms with van der Waals surface area (Å²) in [5.74, 6) is 0.381. The van der Waals surface area contributed by atoms with Gasteiger partial charge in [-0.1, -0.05) is 66.4 Å². The Kier molecular flexibility index (Phi) is 10.9. The molecule has 1 aliphatic heterocycles. The van der Waals surface area contributed by atoms with Gasteiger partial charge in [0, 0.05) is 35.2 Å². The number of carbonyl (C=O) groups excluding carboxylic acids is 1. The number of rotatable bonds is 11. The number of benzene rings is 3. The normalized spacial score (nSPS) is 19.1. The largest absolute Gasteiger partial charge is 0.390 e. The van der Waals surface area contributed by atoms with Crippen molar-refractivity contribution in [2.24, 2.45) is 0 Å². The van der Waals surface area contributed by atoms with E-state index >= 15 is 0 Å². The van der Waals surface area contributed by atoms with Gasteiger partial charge in [0.15, 0.2) is 0 Å². The van der Waals surface area contributed by atoms with E-state index in [1.165, 1.54) is 0 Å². The fraction of sp³-hybridized carbons (Fsp3) is 0.424. The van der Waals surface area contributed by atoms with Crippen molar-refractivity contribution in [3.63, 3.8) is 0 Å². The molecule has 10 heteroatoms. The fourth-order valence-electron chi connectivity index (χ4n) is 6.13. The van der Waals surface area contributed by atoms with Crippen LogP contribution in [0.4, 0.5) is 5.69 Å². The summed E-state index contributed by atoms with van der Waals surface area (Å²) in [5, 5.41) is 18.8. The number of hydrogen-bond acceptors (Lipinski definition) is 6. The third-order valence-electron chi connectivity index (χ3n) is 8.38. The first-order valence-corrected chi connectivity index (χ1v) is 17.5. The number of nitrogens with one attached hydrogen (secondary N) is 2. The molecule has 2 aliphatic rings. The first-order chi connectivity index (χ1) is 20.7. The second kappa shape index (κ2) is 14.7. The molecule has 1 saturated carbocycles. The van der Waals surface area contributed by atoms with E-state index in [0.29, 0.717) is 52.5 Å². The molecule has 0 radical (unpaired) electrons. The molecule has 1 aliphatic carbocycles. The van der Waals surface area contributed by atoms with E-state index in [9.17, 15) is 19.0 Å². The molecule has 5 N–H and O–H groups in total. The molecule has 5 rings (SSSR count). The molecule has 1 amide bonds. The maximum absolute atomic E-state index is 13.9. The zero-order valence-electron chi connectivity index (χ0n) is 24.2. The van der Waals surface area contributed by atoms with Crippen LogP contribution in [0.2, 0.25) is 10.0 Å². The Labute approximate surface area is 266 Å². The van der Waals surface area contributed by atoms with Crippen molar-refractivity contribution in [2.45, 2.75) is 69.6 Å². The first kappa shape index (κ1) is 32.1. The van der Waals surface area contributed by atoms with Gasteiger partial charge in [-0.25, -0.2) is 0 Å². The van der Waals surface area contributed by atoms with Crippen molar-refractivity contribution in [2.75, 3.05) is 23.1 Å². The lowest BCUT2D eigenvalue weighted by atomic mass is 9.94. The zero-order valence-corrected chi connectivity index (χ0v) is 26.6. The minimum absolute atomic E-state index is 0.240. The average Bonchev–Trinajstić information content (AvgIpc) is 3.52. The summed E-state index contributed by atoms with van der Waals surface area (Å²) < 4.78 is 23.4. The highest BCUT2D eigenvalue weighted by atomic mass is 35.5. The van der Waals surface area contributed by atoms with Crippen LogP contribution < -0.4 is 14.9 Å². The maximum atomic E-state index is 13.9. The van der Waals surface area contributed by atoms with Gasteiger partial charge in [0.05, 0.1) is 23.6 Å². The van der Waals surface area contributed by atoms with Crippen LogP contribution in [0.3, 0.4) is 0 Å². The van der Waals surface area contributed by atoms with Crippen molar-refractivity contribution in [3.05, 3.63) is 99.0 Å². The number of aliphatic hydroxyl groups is 1. The minimum Gasteiger partial charge on any atom is -0.390 e. The molecule has 43 heavy (non-hydrogen) atoms. The maximum Gasteiger partial charge on any atom is 0.251 e. The number of anilines is 1. The highest BCUT2D eigenvalue weighted by Crippen LogP contribution is 2.50. The van der Waals surface area contributed by atoms with Gasteiger partial charge in [-0.15, -0.1) is 10.8 Å². The lowest BCUT2D eigenvalue weighted by molar-refractivity contribution is 0.0830. The predicted octanol–water partition coefficient (Wildman–Crippen LogP) is 7.41. The van der Waals surface area contributed by atoms with Crippen LogP contribution >= 0.6 is 34.0 Å². The number of halogens is 2. The molecule has 0 spiro atoms. The third-order valence-corrected chi connectivity index (χ3v) is 10.8. The molecule has 1 saturated heterocycles. The van der Waals surface area contributed by atoms with Crippen LogP contribution in [0.1, 0.15) is 71.5 Å². The van der Waals surface area contributed by atoms with E-state index in [4.69, 9.17) is 23.2 Å². The summed E-state index contributed by atoms with van der Waals surface area (Å²) >= 11 is 12.3. The molecule has 0 unspecified atom stereocenters. The molecule has 0 bridgehead atoms. The van der Waals surface area contributed by atoms with E-state index in [0.717, 1.165) is 55.2 Å². The molecule has 0 aromatic heterocycles.